The van der Waals surface area contributed by atoms with E-state index >= 15 is 0 Å². The van der Waals surface area contributed by atoms with Gasteiger partial charge in [0.15, 0.2) is 5.76 Å². The zero-order chi connectivity index (χ0) is 21.3. The van der Waals surface area contributed by atoms with E-state index in [0.29, 0.717) is 39.0 Å². The summed E-state index contributed by atoms with van der Waals surface area (Å²) in [5.74, 6) is -0.436. The Morgan fingerprint density at radius 2 is 2.07 bits per heavy atom. The van der Waals surface area contributed by atoms with Gasteiger partial charge in [-0.2, -0.15) is 0 Å². The maximum absolute atomic E-state index is 12.6. The molecule has 2 unspecified atom stereocenters. The number of furan rings is 1. The Hall–Kier alpha value is -2.11. The molecule has 1 aliphatic heterocycles. The normalized spacial score (nSPS) is 19.1. The van der Waals surface area contributed by atoms with Gasteiger partial charge in [0.2, 0.25) is 16.3 Å². The lowest BCUT2D eigenvalue weighted by Gasteiger charge is -2.13. The lowest BCUT2D eigenvalue weighted by atomic mass is 9.99. The summed E-state index contributed by atoms with van der Waals surface area (Å²) >= 11 is 3.36. The summed E-state index contributed by atoms with van der Waals surface area (Å²) in [5.41, 5.74) is 1.39. The van der Waals surface area contributed by atoms with Crippen LogP contribution in [0.2, 0.25) is 0 Å². The molecule has 1 amide bonds. The maximum atomic E-state index is 12.6. The fourth-order valence-corrected chi connectivity index (χ4v) is 4.19. The van der Waals surface area contributed by atoms with Crippen molar-refractivity contribution in [1.29, 1.82) is 0 Å². The zero-order valence-electron chi connectivity index (χ0n) is 16.4. The van der Waals surface area contributed by atoms with Gasteiger partial charge >= 0.3 is 0 Å². The molecule has 29 heavy (non-hydrogen) atoms. The summed E-state index contributed by atoms with van der Waals surface area (Å²) < 4.78 is 38.4. The molecule has 9 nitrogen and oxygen atoms in total. The van der Waals surface area contributed by atoms with Gasteiger partial charge in [0.05, 0.1) is 22.9 Å². The predicted molar refractivity (Wildman–Crippen MR) is 113 cm³/mol. The van der Waals surface area contributed by atoms with Gasteiger partial charge in [-0.15, -0.1) is 0 Å². The molecule has 1 aromatic carbocycles. The number of oxime groups is 1. The fraction of sp³-hybridized carbons (Fsp3) is 0.444. The van der Waals surface area contributed by atoms with Crippen LogP contribution in [0.5, 0.6) is 0 Å². The number of hydrogen-bond donors (Lipinski definition) is 2. The van der Waals surface area contributed by atoms with Crippen LogP contribution < -0.4 is 10.0 Å². The summed E-state index contributed by atoms with van der Waals surface area (Å²) in [6.45, 7) is 5.71. The molecule has 158 valence electrons. The molecule has 0 bridgehead atoms. The Morgan fingerprint density at radius 1 is 1.34 bits per heavy atom. The Morgan fingerprint density at radius 3 is 2.69 bits per heavy atom. The van der Waals surface area contributed by atoms with Crippen LogP contribution in [0, 0.1) is 5.92 Å². The number of hydrogen-bond acceptors (Lipinski definition) is 7. The highest BCUT2D eigenvalue weighted by molar-refractivity contribution is 9.10. The molecule has 11 heteroatoms. The van der Waals surface area contributed by atoms with Gasteiger partial charge in [0, 0.05) is 29.6 Å². The van der Waals surface area contributed by atoms with Crippen molar-refractivity contribution in [2.24, 2.45) is 11.1 Å². The molecule has 0 saturated heterocycles. The van der Waals surface area contributed by atoms with Crippen LogP contribution >= 0.6 is 15.9 Å². The van der Waals surface area contributed by atoms with Crippen LogP contribution in [0.4, 0.5) is 5.69 Å². The monoisotopic (exact) mass is 487 g/mol. The van der Waals surface area contributed by atoms with E-state index in [0.717, 1.165) is 0 Å². The molecule has 2 heterocycles. The van der Waals surface area contributed by atoms with Crippen LogP contribution in [-0.2, 0) is 19.6 Å². The number of halogens is 1. The van der Waals surface area contributed by atoms with E-state index in [1.807, 2.05) is 13.8 Å². The molecule has 2 aromatic rings. The maximum Gasteiger partial charge on any atom is 0.255 e. The quantitative estimate of drug-likeness (QED) is 0.619. The first kappa shape index (κ1) is 21.6. The van der Waals surface area contributed by atoms with E-state index in [1.165, 1.54) is 20.0 Å². The summed E-state index contributed by atoms with van der Waals surface area (Å²) in [7, 11) is -1.97. The number of carbonyl (C=O) groups excluding carboxylic acids is 1. The van der Waals surface area contributed by atoms with E-state index < -0.39 is 16.3 Å². The second-order valence-corrected chi connectivity index (χ2v) is 9.28. The first-order valence-corrected chi connectivity index (χ1v) is 11.5. The first-order chi connectivity index (χ1) is 13.7. The average molecular weight is 488 g/mol. The minimum Gasteiger partial charge on any atom is -0.454 e. The van der Waals surface area contributed by atoms with E-state index in [-0.39, 0.29) is 23.3 Å². The molecule has 1 aliphatic rings. The predicted octanol–water partition coefficient (Wildman–Crippen LogP) is 3.05. The number of benzene rings is 1. The number of ether oxygens (including phenoxy) is 1. The van der Waals surface area contributed by atoms with Crippen molar-refractivity contribution >= 4 is 54.2 Å². The van der Waals surface area contributed by atoms with Crippen molar-refractivity contribution in [3.8, 4) is 0 Å². The molecule has 0 aliphatic carbocycles. The number of amides is 1. The van der Waals surface area contributed by atoms with E-state index in [2.05, 4.69) is 31.1 Å². The second kappa shape index (κ2) is 8.33. The van der Waals surface area contributed by atoms with Crippen molar-refractivity contribution in [2.45, 2.75) is 27.1 Å². The average Bonchev–Trinajstić information content (AvgIpc) is 3.22. The van der Waals surface area contributed by atoms with Crippen LogP contribution in [0.25, 0.3) is 11.0 Å². The summed E-state index contributed by atoms with van der Waals surface area (Å²) in [4.78, 5) is 18.0. The minimum absolute atomic E-state index is 0.0746. The molecule has 2 atom stereocenters. The number of nitrogens with one attached hydrogen (secondary N) is 2. The SMILES string of the molecule is CCOC1ON=C(c2oc3cc(NS(=O)(=O)CC)c(Br)cc3c2C(=O)NC)C1C. The lowest BCUT2D eigenvalue weighted by molar-refractivity contribution is -0.138. The van der Waals surface area contributed by atoms with Gasteiger partial charge < -0.3 is 19.3 Å². The Balaban J connectivity index is 2.14. The van der Waals surface area contributed by atoms with Crippen molar-refractivity contribution < 1.29 is 27.2 Å². The third-order valence-electron chi connectivity index (χ3n) is 4.54. The highest BCUT2D eigenvalue weighted by Gasteiger charge is 2.37. The van der Waals surface area contributed by atoms with Crippen molar-refractivity contribution in [1.82, 2.24) is 5.32 Å². The largest absolute Gasteiger partial charge is 0.454 e. The Labute approximate surface area is 177 Å². The number of carbonyl (C=O) groups is 1. The van der Waals surface area contributed by atoms with E-state index in [4.69, 9.17) is 14.0 Å². The molecular formula is C18H22BrN3O6S. The Kier molecular flexibility index (Phi) is 6.20. The van der Waals surface area contributed by atoms with Crippen LogP contribution in [0.1, 0.15) is 36.9 Å². The Bertz CT molecular complexity index is 1080. The van der Waals surface area contributed by atoms with Crippen molar-refractivity contribution in [3.63, 3.8) is 0 Å². The topological polar surface area (TPSA) is 119 Å². The molecular weight excluding hydrogens is 466 g/mol. The zero-order valence-corrected chi connectivity index (χ0v) is 18.8. The van der Waals surface area contributed by atoms with Gasteiger partial charge in [-0.05, 0) is 35.8 Å². The highest BCUT2D eigenvalue weighted by atomic mass is 79.9. The number of sulfonamides is 1. The van der Waals surface area contributed by atoms with Crippen LogP contribution in [0.15, 0.2) is 26.2 Å². The molecule has 0 saturated carbocycles. The van der Waals surface area contributed by atoms with Gasteiger partial charge in [-0.25, -0.2) is 8.42 Å². The fourth-order valence-electron chi connectivity index (χ4n) is 2.96. The number of nitrogens with zero attached hydrogens (tertiary/aromatic N) is 1. The second-order valence-electron chi connectivity index (χ2n) is 6.41. The summed E-state index contributed by atoms with van der Waals surface area (Å²) in [5, 5.41) is 7.19. The summed E-state index contributed by atoms with van der Waals surface area (Å²) in [6.07, 6.45) is -0.570. The highest BCUT2D eigenvalue weighted by Crippen LogP contribution is 2.37. The number of fused-ring (bicyclic) bond motifs is 1. The molecule has 2 N–H and O–H groups in total. The molecule has 0 spiro atoms. The minimum atomic E-state index is -3.49. The molecule has 0 fully saturated rings. The first-order valence-electron chi connectivity index (χ1n) is 9.06. The molecule has 0 radical (unpaired) electrons. The standard InChI is InChI=1S/C18H22BrN3O6S/c1-5-26-18-9(3)15(21-28-18)16-14(17(23)20-4)10-7-11(19)12(8-13(10)27-16)22-29(24,25)6-2/h7-9,18,22H,5-6H2,1-4H3,(H,20,23). The summed E-state index contributed by atoms with van der Waals surface area (Å²) in [6, 6.07) is 3.17. The smallest absolute Gasteiger partial charge is 0.255 e. The van der Waals surface area contributed by atoms with E-state index in [1.54, 1.807) is 6.07 Å². The molecule has 1 aromatic heterocycles. The third kappa shape index (κ3) is 4.12. The third-order valence-corrected chi connectivity index (χ3v) is 6.48. The van der Waals surface area contributed by atoms with Gasteiger partial charge in [0.25, 0.3) is 5.91 Å². The van der Waals surface area contributed by atoms with Crippen molar-refractivity contribution in [3.05, 3.63) is 27.9 Å². The van der Waals surface area contributed by atoms with Crippen LogP contribution in [0.3, 0.4) is 0 Å². The van der Waals surface area contributed by atoms with Gasteiger partial charge in [-0.1, -0.05) is 12.1 Å². The number of rotatable bonds is 7. The van der Waals surface area contributed by atoms with Gasteiger partial charge in [0.1, 0.15) is 11.3 Å². The van der Waals surface area contributed by atoms with Crippen molar-refractivity contribution in [2.75, 3.05) is 24.1 Å². The van der Waals surface area contributed by atoms with Crippen LogP contribution in [-0.4, -0.2) is 45.7 Å². The number of anilines is 1. The molecule has 3 rings (SSSR count). The van der Waals surface area contributed by atoms with E-state index in [9.17, 15) is 13.2 Å². The lowest BCUT2D eigenvalue weighted by Crippen LogP contribution is -2.26. The van der Waals surface area contributed by atoms with Gasteiger partial charge in [-0.3, -0.25) is 9.52 Å².